The van der Waals surface area contributed by atoms with Crippen molar-refractivity contribution < 1.29 is 4.74 Å². The van der Waals surface area contributed by atoms with Crippen LogP contribution in [0.15, 0.2) is 6.07 Å². The van der Waals surface area contributed by atoms with E-state index in [9.17, 15) is 0 Å². The zero-order valence-electron chi connectivity index (χ0n) is 11.7. The number of pyridine rings is 1. The van der Waals surface area contributed by atoms with E-state index >= 15 is 0 Å². The van der Waals surface area contributed by atoms with Gasteiger partial charge in [-0.1, -0.05) is 6.92 Å². The number of aromatic nitrogens is 1. The van der Waals surface area contributed by atoms with E-state index in [2.05, 4.69) is 23.7 Å². The number of nitrogens with zero attached hydrogens (tertiary/aromatic N) is 2. The van der Waals surface area contributed by atoms with Crippen LogP contribution in [-0.2, 0) is 6.54 Å². The molecular formula is C14H23N3O. The minimum absolute atomic E-state index is 0.303. The van der Waals surface area contributed by atoms with Gasteiger partial charge in [0, 0.05) is 37.4 Å². The van der Waals surface area contributed by atoms with Crippen LogP contribution in [0.2, 0.25) is 0 Å². The third-order valence-electron chi connectivity index (χ3n) is 3.87. The molecule has 0 saturated carbocycles. The molecule has 1 aliphatic rings. The fourth-order valence-electron chi connectivity index (χ4n) is 2.61. The largest absolute Gasteiger partial charge is 0.481 e. The standard InChI is InChI=1S/C14H23N3O/c1-9-5-14(18-4)16-11(3)12(9)7-17-6-10(2)13(15)8-17/h5,10,13H,6-8,15H2,1-4H3. The summed E-state index contributed by atoms with van der Waals surface area (Å²) in [6.45, 7) is 9.37. The van der Waals surface area contributed by atoms with Crippen LogP contribution in [0.25, 0.3) is 0 Å². The van der Waals surface area contributed by atoms with Crippen molar-refractivity contribution in [2.45, 2.75) is 33.4 Å². The van der Waals surface area contributed by atoms with Crippen LogP contribution in [0.4, 0.5) is 0 Å². The molecule has 1 aromatic rings. The summed E-state index contributed by atoms with van der Waals surface area (Å²) in [5, 5.41) is 0. The first-order chi connectivity index (χ1) is 8.51. The van der Waals surface area contributed by atoms with Crippen molar-refractivity contribution in [1.29, 1.82) is 0 Å². The number of rotatable bonds is 3. The lowest BCUT2D eigenvalue weighted by atomic mass is 10.1. The maximum atomic E-state index is 6.07. The molecule has 100 valence electrons. The average molecular weight is 249 g/mol. The molecule has 2 N–H and O–H groups in total. The molecule has 0 amide bonds. The first-order valence-corrected chi connectivity index (χ1v) is 6.50. The Morgan fingerprint density at radius 3 is 2.67 bits per heavy atom. The van der Waals surface area contributed by atoms with Gasteiger partial charge < -0.3 is 10.5 Å². The highest BCUT2D eigenvalue weighted by Gasteiger charge is 2.27. The summed E-state index contributed by atoms with van der Waals surface area (Å²) in [5.74, 6) is 1.28. The fourth-order valence-corrected chi connectivity index (χ4v) is 2.61. The van der Waals surface area contributed by atoms with E-state index in [1.54, 1.807) is 7.11 Å². The molecule has 2 heterocycles. The summed E-state index contributed by atoms with van der Waals surface area (Å²) in [6, 6.07) is 2.30. The molecule has 0 radical (unpaired) electrons. The minimum atomic E-state index is 0.303. The van der Waals surface area contributed by atoms with Crippen LogP contribution in [0.5, 0.6) is 5.88 Å². The fraction of sp³-hybridized carbons (Fsp3) is 0.643. The van der Waals surface area contributed by atoms with Gasteiger partial charge >= 0.3 is 0 Å². The van der Waals surface area contributed by atoms with Crippen molar-refractivity contribution in [2.75, 3.05) is 20.2 Å². The Hall–Kier alpha value is -1.13. The average Bonchev–Trinajstić information content (AvgIpc) is 2.63. The Kier molecular flexibility index (Phi) is 3.88. The molecule has 2 rings (SSSR count). The van der Waals surface area contributed by atoms with Gasteiger partial charge in [0.1, 0.15) is 0 Å². The topological polar surface area (TPSA) is 51.4 Å². The van der Waals surface area contributed by atoms with Gasteiger partial charge in [-0.2, -0.15) is 0 Å². The molecule has 2 unspecified atom stereocenters. The Morgan fingerprint density at radius 1 is 1.44 bits per heavy atom. The van der Waals surface area contributed by atoms with Gasteiger partial charge in [-0.05, 0) is 30.9 Å². The molecule has 1 saturated heterocycles. The molecule has 2 atom stereocenters. The van der Waals surface area contributed by atoms with Gasteiger partial charge in [0.25, 0.3) is 0 Å². The summed E-state index contributed by atoms with van der Waals surface area (Å²) in [7, 11) is 1.65. The maximum absolute atomic E-state index is 6.07. The second-order valence-electron chi connectivity index (χ2n) is 5.38. The molecule has 18 heavy (non-hydrogen) atoms. The molecule has 0 aromatic carbocycles. The summed E-state index contributed by atoms with van der Waals surface area (Å²) >= 11 is 0. The first kappa shape index (κ1) is 13.3. The van der Waals surface area contributed by atoms with Crippen LogP contribution in [0, 0.1) is 19.8 Å². The van der Waals surface area contributed by atoms with E-state index in [-0.39, 0.29) is 0 Å². The predicted octanol–water partition coefficient (Wildman–Crippen LogP) is 1.49. The molecule has 1 aliphatic heterocycles. The highest BCUT2D eigenvalue weighted by atomic mass is 16.5. The van der Waals surface area contributed by atoms with E-state index in [1.807, 2.05) is 13.0 Å². The van der Waals surface area contributed by atoms with Gasteiger partial charge in [0.2, 0.25) is 5.88 Å². The second kappa shape index (κ2) is 5.24. The van der Waals surface area contributed by atoms with Crippen molar-refractivity contribution in [3.63, 3.8) is 0 Å². The van der Waals surface area contributed by atoms with Crippen molar-refractivity contribution in [1.82, 2.24) is 9.88 Å². The number of hydrogen-bond acceptors (Lipinski definition) is 4. The molecular weight excluding hydrogens is 226 g/mol. The van der Waals surface area contributed by atoms with Crippen molar-refractivity contribution in [2.24, 2.45) is 11.7 Å². The smallest absolute Gasteiger partial charge is 0.213 e. The summed E-state index contributed by atoms with van der Waals surface area (Å²) < 4.78 is 5.19. The van der Waals surface area contributed by atoms with Gasteiger partial charge in [0.15, 0.2) is 0 Å². The molecule has 0 spiro atoms. The second-order valence-corrected chi connectivity index (χ2v) is 5.38. The Labute approximate surface area is 109 Å². The van der Waals surface area contributed by atoms with E-state index in [4.69, 9.17) is 10.5 Å². The van der Waals surface area contributed by atoms with Crippen LogP contribution in [0.1, 0.15) is 23.7 Å². The van der Waals surface area contributed by atoms with E-state index < -0.39 is 0 Å². The van der Waals surface area contributed by atoms with E-state index in [1.165, 1.54) is 11.1 Å². The number of ether oxygens (including phenoxy) is 1. The third kappa shape index (κ3) is 2.65. The van der Waals surface area contributed by atoms with Crippen LogP contribution < -0.4 is 10.5 Å². The van der Waals surface area contributed by atoms with Gasteiger partial charge in [-0.15, -0.1) is 0 Å². The summed E-state index contributed by atoms with van der Waals surface area (Å²) in [4.78, 5) is 6.87. The quantitative estimate of drug-likeness (QED) is 0.881. The number of likely N-dealkylation sites (tertiary alicyclic amines) is 1. The van der Waals surface area contributed by atoms with Gasteiger partial charge in [-0.25, -0.2) is 4.98 Å². The van der Waals surface area contributed by atoms with Gasteiger partial charge in [0.05, 0.1) is 7.11 Å². The zero-order valence-corrected chi connectivity index (χ0v) is 11.7. The first-order valence-electron chi connectivity index (χ1n) is 6.50. The lowest BCUT2D eigenvalue weighted by Gasteiger charge is -2.18. The van der Waals surface area contributed by atoms with E-state index in [0.29, 0.717) is 17.8 Å². The number of hydrogen-bond donors (Lipinski definition) is 1. The van der Waals surface area contributed by atoms with Crippen LogP contribution >= 0.6 is 0 Å². The van der Waals surface area contributed by atoms with E-state index in [0.717, 1.165) is 25.3 Å². The van der Waals surface area contributed by atoms with Crippen LogP contribution in [0.3, 0.4) is 0 Å². The molecule has 0 aliphatic carbocycles. The molecule has 1 aromatic heterocycles. The summed E-state index contributed by atoms with van der Waals surface area (Å²) in [6.07, 6.45) is 0. The summed E-state index contributed by atoms with van der Waals surface area (Å²) in [5.41, 5.74) is 9.67. The monoisotopic (exact) mass is 249 g/mol. The lowest BCUT2D eigenvalue weighted by Crippen LogP contribution is -2.28. The maximum Gasteiger partial charge on any atom is 0.213 e. The SMILES string of the molecule is COc1cc(C)c(CN2CC(C)C(N)C2)c(C)n1. The minimum Gasteiger partial charge on any atom is -0.481 e. The Morgan fingerprint density at radius 2 is 2.17 bits per heavy atom. The van der Waals surface area contributed by atoms with Crippen molar-refractivity contribution in [3.05, 3.63) is 22.9 Å². The highest BCUT2D eigenvalue weighted by Crippen LogP contribution is 2.22. The number of methoxy groups -OCH3 is 1. The van der Waals surface area contributed by atoms with Crippen LogP contribution in [-0.4, -0.2) is 36.1 Å². The van der Waals surface area contributed by atoms with Crippen molar-refractivity contribution in [3.8, 4) is 5.88 Å². The number of aryl methyl sites for hydroxylation is 2. The van der Waals surface area contributed by atoms with Crippen molar-refractivity contribution >= 4 is 0 Å². The molecule has 4 nitrogen and oxygen atoms in total. The molecule has 0 bridgehead atoms. The highest BCUT2D eigenvalue weighted by molar-refractivity contribution is 5.33. The Bertz CT molecular complexity index is 400. The Balaban J connectivity index is 2.15. The molecule has 4 heteroatoms. The number of nitrogens with two attached hydrogens (primary N) is 1. The zero-order chi connectivity index (χ0) is 13.3. The third-order valence-corrected chi connectivity index (χ3v) is 3.87. The lowest BCUT2D eigenvalue weighted by molar-refractivity contribution is 0.316. The predicted molar refractivity (Wildman–Crippen MR) is 72.7 cm³/mol. The van der Waals surface area contributed by atoms with Gasteiger partial charge in [-0.3, -0.25) is 4.90 Å². The molecule has 1 fully saturated rings. The normalized spacial score (nSPS) is 24.5.